The Kier molecular flexibility index (Phi) is 4.02. The largest absolute Gasteiger partial charge is 0.330 e. The Morgan fingerprint density at radius 2 is 2.29 bits per heavy atom. The summed E-state index contributed by atoms with van der Waals surface area (Å²) >= 11 is 5.71. The summed E-state index contributed by atoms with van der Waals surface area (Å²) in [5, 5.41) is 0.177. The molecule has 0 bridgehead atoms. The Bertz CT molecular complexity index is 397. The van der Waals surface area contributed by atoms with Gasteiger partial charge >= 0.3 is 0 Å². The van der Waals surface area contributed by atoms with Gasteiger partial charge in [-0.15, -0.1) is 0 Å². The van der Waals surface area contributed by atoms with Gasteiger partial charge in [0.25, 0.3) is 0 Å². The Labute approximate surface area is 107 Å². The van der Waals surface area contributed by atoms with Crippen LogP contribution in [0.5, 0.6) is 0 Å². The Morgan fingerprint density at radius 1 is 1.53 bits per heavy atom. The molecule has 2 N–H and O–H groups in total. The van der Waals surface area contributed by atoms with Crippen LogP contribution >= 0.6 is 11.6 Å². The lowest BCUT2D eigenvalue weighted by Crippen LogP contribution is -2.39. The minimum absolute atomic E-state index is 0.177. The van der Waals surface area contributed by atoms with Crippen LogP contribution in [0.15, 0.2) is 18.2 Å². The molecule has 1 aliphatic heterocycles. The smallest absolute Gasteiger partial charge is 0.142 e. The SMILES string of the molecule is CN1CCCC(CN)C1c1ccc(Cl)c(F)c1. The highest BCUT2D eigenvalue weighted by molar-refractivity contribution is 6.30. The van der Waals surface area contributed by atoms with E-state index in [2.05, 4.69) is 11.9 Å². The number of rotatable bonds is 2. The molecule has 1 aromatic carbocycles. The molecule has 4 heteroatoms. The molecule has 0 radical (unpaired) electrons. The number of piperidine rings is 1. The molecule has 2 atom stereocenters. The lowest BCUT2D eigenvalue weighted by atomic mass is 9.85. The van der Waals surface area contributed by atoms with Crippen LogP contribution in [0, 0.1) is 11.7 Å². The Balaban J connectivity index is 2.31. The minimum Gasteiger partial charge on any atom is -0.330 e. The zero-order valence-electron chi connectivity index (χ0n) is 10.00. The quantitative estimate of drug-likeness (QED) is 0.882. The molecule has 2 nitrogen and oxygen atoms in total. The summed E-state index contributed by atoms with van der Waals surface area (Å²) in [4.78, 5) is 2.25. The first-order chi connectivity index (χ1) is 8.13. The molecule has 0 saturated carbocycles. The van der Waals surface area contributed by atoms with E-state index in [4.69, 9.17) is 17.3 Å². The van der Waals surface area contributed by atoms with E-state index < -0.39 is 0 Å². The monoisotopic (exact) mass is 256 g/mol. The van der Waals surface area contributed by atoms with Gasteiger partial charge in [0.05, 0.1) is 5.02 Å². The molecule has 2 rings (SSSR count). The fraction of sp³-hybridized carbons (Fsp3) is 0.538. The lowest BCUT2D eigenvalue weighted by molar-refractivity contribution is 0.125. The van der Waals surface area contributed by atoms with Crippen LogP contribution in [0.4, 0.5) is 4.39 Å². The fourth-order valence-corrected chi connectivity index (χ4v) is 2.85. The predicted octanol–water partition coefficient (Wildman–Crippen LogP) is 2.82. The summed E-state index contributed by atoms with van der Waals surface area (Å²) < 4.78 is 13.5. The second kappa shape index (κ2) is 5.34. The number of hydrogen-bond donors (Lipinski definition) is 1. The van der Waals surface area contributed by atoms with Crippen LogP contribution in [0.1, 0.15) is 24.4 Å². The van der Waals surface area contributed by atoms with E-state index in [1.165, 1.54) is 6.07 Å². The molecule has 1 heterocycles. The summed E-state index contributed by atoms with van der Waals surface area (Å²) in [5.41, 5.74) is 6.79. The molecule has 0 aliphatic carbocycles. The average Bonchev–Trinajstić information content (AvgIpc) is 2.32. The van der Waals surface area contributed by atoms with Gasteiger partial charge < -0.3 is 5.73 Å². The lowest BCUT2D eigenvalue weighted by Gasteiger charge is -2.39. The third-order valence-electron chi connectivity index (χ3n) is 3.60. The van der Waals surface area contributed by atoms with Crippen molar-refractivity contribution in [2.24, 2.45) is 11.7 Å². The second-order valence-electron chi connectivity index (χ2n) is 4.74. The Morgan fingerprint density at radius 3 is 2.94 bits per heavy atom. The van der Waals surface area contributed by atoms with E-state index in [1.807, 2.05) is 6.07 Å². The molecular weight excluding hydrogens is 239 g/mol. The first-order valence-electron chi connectivity index (χ1n) is 5.98. The molecule has 0 spiro atoms. The van der Waals surface area contributed by atoms with Crippen molar-refractivity contribution in [3.05, 3.63) is 34.6 Å². The van der Waals surface area contributed by atoms with Gasteiger partial charge in [0, 0.05) is 6.04 Å². The molecule has 0 amide bonds. The predicted molar refractivity (Wildman–Crippen MR) is 68.6 cm³/mol. The van der Waals surface area contributed by atoms with Gasteiger partial charge in [-0.25, -0.2) is 4.39 Å². The second-order valence-corrected chi connectivity index (χ2v) is 5.14. The first kappa shape index (κ1) is 12.8. The Hall–Kier alpha value is -0.640. The maximum atomic E-state index is 13.5. The topological polar surface area (TPSA) is 29.3 Å². The van der Waals surface area contributed by atoms with Crippen molar-refractivity contribution in [2.45, 2.75) is 18.9 Å². The number of likely N-dealkylation sites (tertiary alicyclic amines) is 1. The van der Waals surface area contributed by atoms with Gasteiger partial charge in [-0.2, -0.15) is 0 Å². The van der Waals surface area contributed by atoms with Crippen molar-refractivity contribution >= 4 is 11.6 Å². The van der Waals surface area contributed by atoms with Crippen LogP contribution in [0.25, 0.3) is 0 Å². The highest BCUT2D eigenvalue weighted by Crippen LogP contribution is 2.35. The number of nitrogens with two attached hydrogens (primary N) is 1. The van der Waals surface area contributed by atoms with E-state index in [9.17, 15) is 4.39 Å². The van der Waals surface area contributed by atoms with E-state index in [0.29, 0.717) is 12.5 Å². The maximum absolute atomic E-state index is 13.5. The summed E-state index contributed by atoms with van der Waals surface area (Å²) in [6.07, 6.45) is 2.26. The zero-order valence-corrected chi connectivity index (χ0v) is 10.8. The maximum Gasteiger partial charge on any atom is 0.142 e. The van der Waals surface area contributed by atoms with Gasteiger partial charge in [0.1, 0.15) is 5.82 Å². The van der Waals surface area contributed by atoms with Crippen molar-refractivity contribution in [2.75, 3.05) is 20.1 Å². The van der Waals surface area contributed by atoms with Crippen molar-refractivity contribution < 1.29 is 4.39 Å². The van der Waals surface area contributed by atoms with E-state index in [0.717, 1.165) is 24.9 Å². The molecule has 1 saturated heterocycles. The minimum atomic E-state index is -0.348. The van der Waals surface area contributed by atoms with Crippen LogP contribution in [-0.2, 0) is 0 Å². The summed E-state index contributed by atoms with van der Waals surface area (Å²) in [6, 6.07) is 5.28. The van der Waals surface area contributed by atoms with Crippen molar-refractivity contribution in [1.29, 1.82) is 0 Å². The van der Waals surface area contributed by atoms with Crippen LogP contribution in [0.2, 0.25) is 5.02 Å². The third-order valence-corrected chi connectivity index (χ3v) is 3.90. The molecule has 1 aromatic rings. The highest BCUT2D eigenvalue weighted by atomic mass is 35.5. The number of benzene rings is 1. The third kappa shape index (κ3) is 2.62. The molecule has 0 aromatic heterocycles. The highest BCUT2D eigenvalue weighted by Gasteiger charge is 2.29. The summed E-state index contributed by atoms with van der Waals surface area (Å²) in [7, 11) is 2.07. The van der Waals surface area contributed by atoms with Crippen LogP contribution < -0.4 is 5.73 Å². The summed E-state index contributed by atoms with van der Waals surface area (Å²) in [6.45, 7) is 1.67. The fourth-order valence-electron chi connectivity index (χ4n) is 2.73. The summed E-state index contributed by atoms with van der Waals surface area (Å²) in [5.74, 6) is 0.0493. The zero-order chi connectivity index (χ0) is 12.4. The van der Waals surface area contributed by atoms with E-state index in [-0.39, 0.29) is 16.9 Å². The van der Waals surface area contributed by atoms with Gasteiger partial charge in [0.15, 0.2) is 0 Å². The van der Waals surface area contributed by atoms with Crippen molar-refractivity contribution in [1.82, 2.24) is 4.90 Å². The van der Waals surface area contributed by atoms with Crippen molar-refractivity contribution in [3.63, 3.8) is 0 Å². The normalized spacial score (nSPS) is 26.1. The van der Waals surface area contributed by atoms with Crippen LogP contribution in [-0.4, -0.2) is 25.0 Å². The first-order valence-corrected chi connectivity index (χ1v) is 6.36. The number of halogens is 2. The molecule has 2 unspecified atom stereocenters. The van der Waals surface area contributed by atoms with Crippen molar-refractivity contribution in [3.8, 4) is 0 Å². The average molecular weight is 257 g/mol. The number of hydrogen-bond acceptors (Lipinski definition) is 2. The molecular formula is C13H18ClFN2. The van der Waals surface area contributed by atoms with E-state index >= 15 is 0 Å². The molecule has 1 aliphatic rings. The molecule has 94 valence electrons. The van der Waals surface area contributed by atoms with Crippen LogP contribution in [0.3, 0.4) is 0 Å². The molecule has 17 heavy (non-hydrogen) atoms. The van der Waals surface area contributed by atoms with Gasteiger partial charge in [0.2, 0.25) is 0 Å². The van der Waals surface area contributed by atoms with E-state index in [1.54, 1.807) is 6.07 Å². The standard InChI is InChI=1S/C13H18ClFN2/c1-17-6-2-3-10(8-16)13(17)9-4-5-11(14)12(15)7-9/h4-5,7,10,13H,2-3,6,8,16H2,1H3. The van der Waals surface area contributed by atoms with Gasteiger partial charge in [-0.3, -0.25) is 4.90 Å². The van der Waals surface area contributed by atoms with Gasteiger partial charge in [-0.1, -0.05) is 17.7 Å². The van der Waals surface area contributed by atoms with Gasteiger partial charge in [-0.05, 0) is 56.6 Å². The molecule has 1 fully saturated rings. The number of nitrogens with zero attached hydrogens (tertiary/aromatic N) is 1.